The van der Waals surface area contributed by atoms with Gasteiger partial charge in [0.15, 0.2) is 0 Å². The lowest BCUT2D eigenvalue weighted by molar-refractivity contribution is 0.205. The van der Waals surface area contributed by atoms with Gasteiger partial charge in [0.05, 0.1) is 11.3 Å². The maximum absolute atomic E-state index is 12.7. The summed E-state index contributed by atoms with van der Waals surface area (Å²) in [5.74, 6) is 0.842. The Morgan fingerprint density at radius 2 is 1.90 bits per heavy atom. The summed E-state index contributed by atoms with van der Waals surface area (Å²) in [6, 6.07) is 10.6. The second-order valence-electron chi connectivity index (χ2n) is 8.40. The molecule has 0 radical (unpaired) electrons. The molecule has 4 aromatic rings. The molecule has 7 heteroatoms. The summed E-state index contributed by atoms with van der Waals surface area (Å²) in [5.41, 5.74) is 2.90. The number of aromatic nitrogens is 3. The highest BCUT2D eigenvalue weighted by atomic mass is 16.4. The van der Waals surface area contributed by atoms with Gasteiger partial charge in [0, 0.05) is 43.0 Å². The van der Waals surface area contributed by atoms with Crippen LogP contribution in [-0.4, -0.2) is 51.5 Å². The van der Waals surface area contributed by atoms with Gasteiger partial charge in [-0.1, -0.05) is 0 Å². The third-order valence-electron chi connectivity index (χ3n) is 6.07. The number of anilines is 1. The van der Waals surface area contributed by atoms with Gasteiger partial charge in [0.2, 0.25) is 5.71 Å². The first-order valence-corrected chi connectivity index (χ1v) is 10.3. The van der Waals surface area contributed by atoms with Gasteiger partial charge in [0.25, 0.3) is 0 Å². The molecule has 0 spiro atoms. The highest BCUT2D eigenvalue weighted by molar-refractivity contribution is 5.80. The Labute approximate surface area is 174 Å². The van der Waals surface area contributed by atoms with Crippen molar-refractivity contribution in [1.82, 2.24) is 19.3 Å². The van der Waals surface area contributed by atoms with E-state index in [-0.39, 0.29) is 0 Å². The number of piperazine rings is 1. The molecule has 0 N–H and O–H groups in total. The van der Waals surface area contributed by atoms with Gasteiger partial charge in [-0.05, 0) is 63.7 Å². The van der Waals surface area contributed by atoms with Crippen LogP contribution in [0.5, 0.6) is 0 Å². The molecule has 5 rings (SSSR count). The summed E-state index contributed by atoms with van der Waals surface area (Å²) in [6.45, 7) is 8.28. The van der Waals surface area contributed by atoms with Gasteiger partial charge >= 0.3 is 5.63 Å². The van der Waals surface area contributed by atoms with E-state index < -0.39 is 5.63 Å². The summed E-state index contributed by atoms with van der Waals surface area (Å²) >= 11 is 0. The molecule has 30 heavy (non-hydrogen) atoms. The molecule has 5 heterocycles. The van der Waals surface area contributed by atoms with E-state index in [1.807, 2.05) is 54.0 Å². The summed E-state index contributed by atoms with van der Waals surface area (Å²) < 4.78 is 7.53. The van der Waals surface area contributed by atoms with Crippen LogP contribution in [0.2, 0.25) is 0 Å². The first-order chi connectivity index (χ1) is 14.4. The average Bonchev–Trinajstić information content (AvgIpc) is 3.12. The van der Waals surface area contributed by atoms with Crippen LogP contribution in [0.25, 0.3) is 28.0 Å². The minimum atomic E-state index is -0.424. The molecular formula is C23H25N5O2. The number of nitrogens with zero attached hydrogens (tertiary/aromatic N) is 5. The maximum atomic E-state index is 12.7. The Kier molecular flexibility index (Phi) is 4.36. The number of imidazole rings is 1. The van der Waals surface area contributed by atoms with Crippen LogP contribution in [0.1, 0.15) is 19.4 Å². The smallest absolute Gasteiger partial charge is 0.347 e. The summed E-state index contributed by atoms with van der Waals surface area (Å²) in [6.07, 6.45) is 3.79. The van der Waals surface area contributed by atoms with Crippen molar-refractivity contribution in [3.63, 3.8) is 0 Å². The number of fused-ring (bicyclic) bond motifs is 2. The molecule has 0 bridgehead atoms. The van der Waals surface area contributed by atoms with E-state index >= 15 is 0 Å². The number of hydrogen-bond acceptors (Lipinski definition) is 6. The quantitative estimate of drug-likeness (QED) is 0.511. The minimum absolute atomic E-state index is 0.337. The van der Waals surface area contributed by atoms with E-state index in [0.717, 1.165) is 35.5 Å². The standard InChI is InChI=1S/C23H25N5O2/c1-14-7-8-27-13-19(24-21(27)9-14)18-10-17-5-6-20(25-22(17)30-23(18)29)28-12-15(2)26(4)11-16(28)3/h5-10,13,15-16H,11-12H2,1-4H3/t15-,16+/m0/s1. The van der Waals surface area contributed by atoms with Crippen molar-refractivity contribution in [2.24, 2.45) is 0 Å². The molecule has 4 aromatic heterocycles. The average molecular weight is 403 g/mol. The molecule has 0 amide bonds. The van der Waals surface area contributed by atoms with Crippen molar-refractivity contribution < 1.29 is 4.42 Å². The van der Waals surface area contributed by atoms with Gasteiger partial charge in [-0.2, -0.15) is 4.98 Å². The monoisotopic (exact) mass is 403 g/mol. The van der Waals surface area contributed by atoms with Gasteiger partial charge in [-0.15, -0.1) is 0 Å². The molecule has 0 saturated carbocycles. The SMILES string of the molecule is Cc1ccn2cc(-c3cc4ccc(N5C[C@H](C)N(C)C[C@H]5C)nc4oc3=O)nc2c1. The van der Waals surface area contributed by atoms with Crippen molar-refractivity contribution in [1.29, 1.82) is 0 Å². The topological polar surface area (TPSA) is 66.9 Å². The predicted octanol–water partition coefficient (Wildman–Crippen LogP) is 3.34. The van der Waals surface area contributed by atoms with E-state index in [1.165, 1.54) is 0 Å². The first kappa shape index (κ1) is 18.8. The predicted molar refractivity (Wildman–Crippen MR) is 118 cm³/mol. The first-order valence-electron chi connectivity index (χ1n) is 10.3. The zero-order valence-electron chi connectivity index (χ0n) is 17.7. The number of likely N-dealkylation sites (N-methyl/N-ethyl adjacent to an activating group) is 1. The third-order valence-corrected chi connectivity index (χ3v) is 6.07. The van der Waals surface area contributed by atoms with E-state index in [4.69, 9.17) is 4.42 Å². The Morgan fingerprint density at radius 1 is 1.07 bits per heavy atom. The van der Waals surface area contributed by atoms with Crippen LogP contribution in [-0.2, 0) is 0 Å². The Balaban J connectivity index is 1.54. The Morgan fingerprint density at radius 3 is 2.73 bits per heavy atom. The fourth-order valence-electron chi connectivity index (χ4n) is 4.16. The number of pyridine rings is 2. The number of hydrogen-bond donors (Lipinski definition) is 0. The fourth-order valence-corrected chi connectivity index (χ4v) is 4.16. The lowest BCUT2D eigenvalue weighted by atomic mass is 10.1. The number of rotatable bonds is 2. The van der Waals surface area contributed by atoms with Crippen LogP contribution in [0.3, 0.4) is 0 Å². The van der Waals surface area contributed by atoms with Crippen LogP contribution >= 0.6 is 0 Å². The maximum Gasteiger partial charge on any atom is 0.347 e. The van der Waals surface area contributed by atoms with Crippen LogP contribution in [0.15, 0.2) is 51.9 Å². The van der Waals surface area contributed by atoms with Crippen molar-refractivity contribution in [3.05, 3.63) is 58.7 Å². The highest BCUT2D eigenvalue weighted by Crippen LogP contribution is 2.25. The highest BCUT2D eigenvalue weighted by Gasteiger charge is 2.27. The van der Waals surface area contributed by atoms with E-state index in [0.29, 0.717) is 29.1 Å². The second kappa shape index (κ2) is 6.95. The zero-order chi connectivity index (χ0) is 21.0. The van der Waals surface area contributed by atoms with Gasteiger partial charge < -0.3 is 13.7 Å². The van der Waals surface area contributed by atoms with E-state index in [1.54, 1.807) is 0 Å². The van der Waals surface area contributed by atoms with Crippen molar-refractivity contribution in [2.45, 2.75) is 32.9 Å². The molecule has 1 aliphatic heterocycles. The summed E-state index contributed by atoms with van der Waals surface area (Å²) in [7, 11) is 2.15. The van der Waals surface area contributed by atoms with Crippen LogP contribution in [0, 0.1) is 6.92 Å². The van der Waals surface area contributed by atoms with Gasteiger partial charge in [-0.3, -0.25) is 4.90 Å². The molecule has 1 saturated heterocycles. The second-order valence-corrected chi connectivity index (χ2v) is 8.40. The molecule has 1 fully saturated rings. The van der Waals surface area contributed by atoms with Crippen molar-refractivity contribution >= 4 is 22.6 Å². The van der Waals surface area contributed by atoms with E-state index in [9.17, 15) is 4.79 Å². The van der Waals surface area contributed by atoms with Gasteiger partial charge in [0.1, 0.15) is 11.5 Å². The molecule has 1 aliphatic rings. The van der Waals surface area contributed by atoms with Crippen LogP contribution in [0.4, 0.5) is 5.82 Å². The lowest BCUT2D eigenvalue weighted by Crippen LogP contribution is -2.55. The molecule has 0 aliphatic carbocycles. The zero-order valence-corrected chi connectivity index (χ0v) is 17.7. The van der Waals surface area contributed by atoms with Crippen molar-refractivity contribution in [2.75, 3.05) is 25.0 Å². The molecule has 154 valence electrons. The van der Waals surface area contributed by atoms with Crippen molar-refractivity contribution in [3.8, 4) is 11.3 Å². The molecule has 2 atom stereocenters. The molecule has 0 aromatic carbocycles. The fraction of sp³-hybridized carbons (Fsp3) is 0.348. The Hall–Kier alpha value is -3.19. The minimum Gasteiger partial charge on any atom is -0.403 e. The summed E-state index contributed by atoms with van der Waals surface area (Å²) in [5, 5.41) is 0.788. The number of aryl methyl sites for hydroxylation is 1. The normalized spacial score (nSPS) is 20.3. The summed E-state index contributed by atoms with van der Waals surface area (Å²) in [4.78, 5) is 26.7. The molecule has 0 unspecified atom stereocenters. The Bertz CT molecular complexity index is 1310. The molecule has 7 nitrogen and oxygen atoms in total. The largest absolute Gasteiger partial charge is 0.403 e. The molecular weight excluding hydrogens is 378 g/mol. The van der Waals surface area contributed by atoms with Crippen LogP contribution < -0.4 is 10.5 Å². The lowest BCUT2D eigenvalue weighted by Gasteiger charge is -2.43. The third kappa shape index (κ3) is 3.15. The van der Waals surface area contributed by atoms with Gasteiger partial charge in [-0.25, -0.2) is 9.78 Å². The van der Waals surface area contributed by atoms with E-state index in [2.05, 4.69) is 40.7 Å².